The summed E-state index contributed by atoms with van der Waals surface area (Å²) in [5, 5.41) is 3.38. The fraction of sp³-hybridized carbons (Fsp3) is 0.438. The molecule has 21 heavy (non-hydrogen) atoms. The lowest BCUT2D eigenvalue weighted by atomic mass is 10.1. The summed E-state index contributed by atoms with van der Waals surface area (Å²) in [5.74, 6) is 1.84. The lowest BCUT2D eigenvalue weighted by Gasteiger charge is -2.19. The van der Waals surface area contributed by atoms with E-state index in [0.717, 1.165) is 11.3 Å². The Morgan fingerprint density at radius 1 is 1.14 bits per heavy atom. The number of methoxy groups -OCH3 is 2. The molecule has 1 aromatic carbocycles. The first-order valence-corrected chi connectivity index (χ1v) is 6.85. The molecule has 114 valence electrons. The molecule has 0 saturated carbocycles. The molecule has 1 aromatic heterocycles. The fourth-order valence-corrected chi connectivity index (χ4v) is 1.92. The van der Waals surface area contributed by atoms with Gasteiger partial charge < -0.3 is 19.2 Å². The highest BCUT2D eigenvalue weighted by Crippen LogP contribution is 2.37. The van der Waals surface area contributed by atoms with E-state index in [1.165, 1.54) is 0 Å². The summed E-state index contributed by atoms with van der Waals surface area (Å²) in [6.45, 7) is 6.97. The number of nitrogens with zero attached hydrogens (tertiary/aromatic N) is 1. The molecule has 0 unspecified atom stereocenters. The summed E-state index contributed by atoms with van der Waals surface area (Å²) in [6, 6.07) is 5.58. The molecule has 0 saturated heterocycles. The molecular weight excluding hydrogens is 268 g/mol. The van der Waals surface area contributed by atoms with Crippen molar-refractivity contribution in [1.29, 1.82) is 0 Å². The smallest absolute Gasteiger partial charge is 0.233 e. The molecule has 2 aromatic rings. The Morgan fingerprint density at radius 2 is 1.76 bits per heavy atom. The van der Waals surface area contributed by atoms with Gasteiger partial charge in [-0.25, -0.2) is 4.98 Å². The lowest BCUT2D eigenvalue weighted by Crippen LogP contribution is -2.35. The van der Waals surface area contributed by atoms with E-state index in [9.17, 15) is 0 Å². The predicted octanol–water partition coefficient (Wildman–Crippen LogP) is 3.25. The summed E-state index contributed by atoms with van der Waals surface area (Å²) in [6.07, 6.45) is 1.65. The summed E-state index contributed by atoms with van der Waals surface area (Å²) in [4.78, 5) is 4.51. The number of aromatic nitrogens is 1. The molecule has 0 aliphatic heterocycles. The molecular formula is C16H22N2O3. The van der Waals surface area contributed by atoms with Gasteiger partial charge in [-0.1, -0.05) is 6.07 Å². The molecule has 2 rings (SSSR count). The molecule has 0 atom stereocenters. The zero-order valence-corrected chi connectivity index (χ0v) is 13.2. The van der Waals surface area contributed by atoms with Gasteiger partial charge in [0.15, 0.2) is 0 Å². The Kier molecular flexibility index (Phi) is 4.53. The van der Waals surface area contributed by atoms with Crippen LogP contribution in [0.25, 0.3) is 11.5 Å². The molecule has 5 nitrogen and oxygen atoms in total. The maximum Gasteiger partial charge on any atom is 0.233 e. The number of oxazole rings is 1. The number of benzene rings is 1. The highest BCUT2D eigenvalue weighted by atomic mass is 16.5. The van der Waals surface area contributed by atoms with Crippen molar-refractivity contribution < 1.29 is 13.9 Å². The van der Waals surface area contributed by atoms with Gasteiger partial charge in [0, 0.05) is 12.1 Å². The van der Waals surface area contributed by atoms with Gasteiger partial charge in [-0.05, 0) is 32.9 Å². The number of nitrogens with one attached hydrogen (secondary N) is 1. The van der Waals surface area contributed by atoms with Crippen LogP contribution in [0.4, 0.5) is 0 Å². The minimum Gasteiger partial charge on any atom is -0.496 e. The standard InChI is InChI=1S/C16H22N2O3/c1-16(2,3)17-9-11-10-21-15(18-11)14-12(19-4)7-6-8-13(14)20-5/h6-8,10,17H,9H2,1-5H3. The zero-order chi connectivity index (χ0) is 15.5. The molecule has 0 fully saturated rings. The molecule has 1 N–H and O–H groups in total. The van der Waals surface area contributed by atoms with E-state index in [1.807, 2.05) is 18.2 Å². The Bertz CT molecular complexity index is 578. The van der Waals surface area contributed by atoms with E-state index < -0.39 is 0 Å². The Labute approximate surface area is 125 Å². The zero-order valence-electron chi connectivity index (χ0n) is 13.2. The molecule has 5 heteroatoms. The predicted molar refractivity (Wildman–Crippen MR) is 81.6 cm³/mol. The van der Waals surface area contributed by atoms with Gasteiger partial charge in [-0.2, -0.15) is 0 Å². The van der Waals surface area contributed by atoms with Gasteiger partial charge in [0.1, 0.15) is 23.3 Å². The summed E-state index contributed by atoms with van der Waals surface area (Å²) in [7, 11) is 3.23. The largest absolute Gasteiger partial charge is 0.496 e. The van der Waals surface area contributed by atoms with E-state index in [-0.39, 0.29) is 5.54 Å². The quantitative estimate of drug-likeness (QED) is 0.916. The van der Waals surface area contributed by atoms with Crippen LogP contribution in [0.15, 0.2) is 28.9 Å². The van der Waals surface area contributed by atoms with E-state index in [4.69, 9.17) is 13.9 Å². The Morgan fingerprint density at radius 3 is 2.29 bits per heavy atom. The van der Waals surface area contributed by atoms with E-state index in [1.54, 1.807) is 20.5 Å². The fourth-order valence-electron chi connectivity index (χ4n) is 1.92. The topological polar surface area (TPSA) is 56.5 Å². The van der Waals surface area contributed by atoms with Crippen LogP contribution in [0.3, 0.4) is 0 Å². The van der Waals surface area contributed by atoms with Crippen molar-refractivity contribution in [3.05, 3.63) is 30.2 Å². The lowest BCUT2D eigenvalue weighted by molar-refractivity contribution is 0.394. The molecule has 1 heterocycles. The third-order valence-corrected chi connectivity index (χ3v) is 2.99. The molecule has 0 bridgehead atoms. The van der Waals surface area contributed by atoms with Crippen LogP contribution in [0.1, 0.15) is 26.5 Å². The molecule has 0 amide bonds. The number of rotatable bonds is 5. The maximum atomic E-state index is 5.59. The molecule has 0 aliphatic carbocycles. The first-order valence-electron chi connectivity index (χ1n) is 6.85. The Hall–Kier alpha value is -2.01. The second-order valence-electron chi connectivity index (χ2n) is 5.79. The second-order valence-corrected chi connectivity index (χ2v) is 5.79. The van der Waals surface area contributed by atoms with Crippen molar-refractivity contribution >= 4 is 0 Å². The van der Waals surface area contributed by atoms with E-state index in [2.05, 4.69) is 31.1 Å². The molecule has 0 spiro atoms. The van der Waals surface area contributed by atoms with Crippen LogP contribution in [0, 0.1) is 0 Å². The minimum atomic E-state index is 0.0290. The van der Waals surface area contributed by atoms with Crippen LogP contribution < -0.4 is 14.8 Å². The van der Waals surface area contributed by atoms with Crippen molar-refractivity contribution in [2.45, 2.75) is 32.9 Å². The van der Waals surface area contributed by atoms with Crippen LogP contribution in [-0.4, -0.2) is 24.7 Å². The van der Waals surface area contributed by atoms with Gasteiger partial charge in [0.25, 0.3) is 0 Å². The van der Waals surface area contributed by atoms with Crippen LogP contribution in [0.2, 0.25) is 0 Å². The van der Waals surface area contributed by atoms with Gasteiger partial charge in [-0.15, -0.1) is 0 Å². The third kappa shape index (κ3) is 3.76. The van der Waals surface area contributed by atoms with E-state index in [0.29, 0.717) is 23.9 Å². The molecule has 0 radical (unpaired) electrons. The highest BCUT2D eigenvalue weighted by Gasteiger charge is 2.18. The van der Waals surface area contributed by atoms with Gasteiger partial charge in [-0.3, -0.25) is 0 Å². The van der Waals surface area contributed by atoms with E-state index >= 15 is 0 Å². The van der Waals surface area contributed by atoms with Crippen molar-refractivity contribution in [3.8, 4) is 23.0 Å². The van der Waals surface area contributed by atoms with Crippen molar-refractivity contribution in [2.75, 3.05) is 14.2 Å². The Balaban J connectivity index is 2.29. The maximum absolute atomic E-state index is 5.59. The van der Waals surface area contributed by atoms with Gasteiger partial charge >= 0.3 is 0 Å². The summed E-state index contributed by atoms with van der Waals surface area (Å²) < 4.78 is 16.3. The third-order valence-electron chi connectivity index (χ3n) is 2.99. The highest BCUT2D eigenvalue weighted by molar-refractivity contribution is 5.70. The number of ether oxygens (including phenoxy) is 2. The summed E-state index contributed by atoms with van der Waals surface area (Å²) in [5.41, 5.74) is 1.60. The molecule has 0 aliphatic rings. The first-order chi connectivity index (χ1) is 9.94. The monoisotopic (exact) mass is 290 g/mol. The average Bonchev–Trinajstić information content (AvgIpc) is 2.92. The van der Waals surface area contributed by atoms with Gasteiger partial charge in [0.2, 0.25) is 5.89 Å². The summed E-state index contributed by atoms with van der Waals surface area (Å²) >= 11 is 0. The minimum absolute atomic E-state index is 0.0290. The van der Waals surface area contributed by atoms with Crippen LogP contribution in [0.5, 0.6) is 11.5 Å². The average molecular weight is 290 g/mol. The van der Waals surface area contributed by atoms with Crippen molar-refractivity contribution in [1.82, 2.24) is 10.3 Å². The number of hydrogen-bond donors (Lipinski definition) is 1. The van der Waals surface area contributed by atoms with Crippen LogP contribution in [-0.2, 0) is 6.54 Å². The van der Waals surface area contributed by atoms with Gasteiger partial charge in [0.05, 0.1) is 19.9 Å². The SMILES string of the molecule is COc1cccc(OC)c1-c1nc(CNC(C)(C)C)co1. The van der Waals surface area contributed by atoms with Crippen molar-refractivity contribution in [3.63, 3.8) is 0 Å². The van der Waals surface area contributed by atoms with Crippen LogP contribution >= 0.6 is 0 Å². The normalized spacial score (nSPS) is 11.5. The van der Waals surface area contributed by atoms with Crippen molar-refractivity contribution in [2.24, 2.45) is 0 Å². The first kappa shape index (κ1) is 15.4. The second kappa shape index (κ2) is 6.18. The number of hydrogen-bond acceptors (Lipinski definition) is 5.